The first-order chi connectivity index (χ1) is 19.1. The van der Waals surface area contributed by atoms with Crippen LogP contribution in [0, 0.1) is 12.7 Å². The number of fused-ring (bicyclic) bond motifs is 1. The highest BCUT2D eigenvalue weighted by molar-refractivity contribution is 7.98. The fraction of sp³-hybridized carbons (Fsp3) is 0.424. The molecule has 2 aromatic rings. The van der Waals surface area contributed by atoms with Gasteiger partial charge in [-0.25, -0.2) is 4.39 Å². The van der Waals surface area contributed by atoms with Crippen LogP contribution in [-0.2, 0) is 14.4 Å². The molecule has 0 fully saturated rings. The Morgan fingerprint density at radius 3 is 2.20 bits per heavy atom. The highest BCUT2D eigenvalue weighted by Gasteiger charge is 2.41. The van der Waals surface area contributed by atoms with Crippen molar-refractivity contribution in [2.45, 2.75) is 78.4 Å². The van der Waals surface area contributed by atoms with Crippen LogP contribution in [0.2, 0.25) is 0 Å². The average molecular weight is 580 g/mol. The molecule has 6 nitrogen and oxygen atoms in total. The fourth-order valence-electron chi connectivity index (χ4n) is 4.82. The molecular formula is C33H42FN3O3S. The van der Waals surface area contributed by atoms with Crippen molar-refractivity contribution in [3.05, 3.63) is 76.1 Å². The zero-order chi connectivity index (χ0) is 30.5. The molecule has 0 spiro atoms. The maximum atomic E-state index is 14.4. The Kier molecular flexibility index (Phi) is 10.2. The van der Waals surface area contributed by atoms with Crippen molar-refractivity contribution in [3.8, 4) is 0 Å². The summed E-state index contributed by atoms with van der Waals surface area (Å²) in [7, 11) is 0. The SMILES string of the molecule is CSCCC(NC(C)=O)C(=O)NC(C)(C)C(C)(C)NC(=O)CC1=C(C)/C(=C/c2ccc(C)cc2)c2ccc(F)cc21. The topological polar surface area (TPSA) is 87.3 Å². The molecule has 0 aliphatic heterocycles. The molecule has 0 bridgehead atoms. The maximum Gasteiger partial charge on any atom is 0.243 e. The monoisotopic (exact) mass is 579 g/mol. The van der Waals surface area contributed by atoms with Crippen LogP contribution in [0.3, 0.4) is 0 Å². The van der Waals surface area contributed by atoms with E-state index in [1.165, 1.54) is 19.1 Å². The van der Waals surface area contributed by atoms with Crippen molar-refractivity contribution in [1.82, 2.24) is 16.0 Å². The van der Waals surface area contributed by atoms with Crippen LogP contribution in [-0.4, -0.2) is 46.8 Å². The van der Waals surface area contributed by atoms with E-state index in [4.69, 9.17) is 0 Å². The molecule has 8 heteroatoms. The Bertz CT molecular complexity index is 1380. The van der Waals surface area contributed by atoms with Crippen molar-refractivity contribution < 1.29 is 18.8 Å². The molecule has 1 aliphatic rings. The first kappa shape index (κ1) is 32.1. The van der Waals surface area contributed by atoms with E-state index in [-0.39, 0.29) is 30.0 Å². The van der Waals surface area contributed by atoms with E-state index in [1.807, 2.05) is 72.1 Å². The van der Waals surface area contributed by atoms with Crippen molar-refractivity contribution >= 4 is 46.7 Å². The molecule has 220 valence electrons. The summed E-state index contributed by atoms with van der Waals surface area (Å²) < 4.78 is 14.4. The van der Waals surface area contributed by atoms with E-state index in [0.717, 1.165) is 39.2 Å². The molecular weight excluding hydrogens is 537 g/mol. The van der Waals surface area contributed by atoms with Crippen LogP contribution in [0.5, 0.6) is 0 Å². The lowest BCUT2D eigenvalue weighted by atomic mass is 9.81. The molecule has 41 heavy (non-hydrogen) atoms. The van der Waals surface area contributed by atoms with Crippen molar-refractivity contribution in [3.63, 3.8) is 0 Å². The lowest BCUT2D eigenvalue weighted by molar-refractivity contribution is -0.130. The molecule has 0 radical (unpaired) electrons. The quantitative estimate of drug-likeness (QED) is 0.309. The first-order valence-electron chi connectivity index (χ1n) is 13.8. The van der Waals surface area contributed by atoms with Crippen LogP contribution in [0.25, 0.3) is 17.2 Å². The van der Waals surface area contributed by atoms with Gasteiger partial charge in [0.15, 0.2) is 0 Å². The second-order valence-corrected chi connectivity index (χ2v) is 12.7. The molecule has 0 saturated carbocycles. The van der Waals surface area contributed by atoms with E-state index in [1.54, 1.807) is 17.8 Å². The van der Waals surface area contributed by atoms with E-state index in [0.29, 0.717) is 12.0 Å². The number of rotatable bonds is 11. The number of carbonyl (C=O) groups excluding carboxylic acids is 3. The number of benzene rings is 2. The molecule has 1 unspecified atom stereocenters. The van der Waals surface area contributed by atoms with Crippen molar-refractivity contribution in [2.75, 3.05) is 12.0 Å². The third-order valence-electron chi connectivity index (χ3n) is 7.93. The zero-order valence-electron chi connectivity index (χ0n) is 25.3. The van der Waals surface area contributed by atoms with Gasteiger partial charge in [-0.15, -0.1) is 0 Å². The number of thioether (sulfide) groups is 1. The molecule has 0 saturated heterocycles. The van der Waals surface area contributed by atoms with Gasteiger partial charge in [0, 0.05) is 6.92 Å². The molecule has 0 heterocycles. The first-order valence-corrected chi connectivity index (χ1v) is 15.2. The van der Waals surface area contributed by atoms with Gasteiger partial charge in [0.05, 0.1) is 17.5 Å². The normalized spacial score (nSPS) is 15.0. The van der Waals surface area contributed by atoms with Gasteiger partial charge in [0.1, 0.15) is 11.9 Å². The Labute approximate surface area is 247 Å². The molecule has 2 aromatic carbocycles. The summed E-state index contributed by atoms with van der Waals surface area (Å²) in [5, 5.41) is 8.85. The Morgan fingerprint density at radius 2 is 1.59 bits per heavy atom. The molecule has 3 rings (SSSR count). The van der Waals surface area contributed by atoms with Crippen molar-refractivity contribution in [1.29, 1.82) is 0 Å². The summed E-state index contributed by atoms with van der Waals surface area (Å²) in [5.41, 5.74) is 4.77. The van der Waals surface area contributed by atoms with Gasteiger partial charge >= 0.3 is 0 Å². The van der Waals surface area contributed by atoms with Crippen molar-refractivity contribution in [2.24, 2.45) is 0 Å². The summed E-state index contributed by atoms with van der Waals surface area (Å²) in [6, 6.07) is 12.2. The third-order valence-corrected chi connectivity index (χ3v) is 8.58. The van der Waals surface area contributed by atoms with Gasteiger partial charge in [-0.2, -0.15) is 11.8 Å². The molecule has 0 aromatic heterocycles. The molecule has 3 N–H and O–H groups in total. The van der Waals surface area contributed by atoms with E-state index in [2.05, 4.69) is 22.0 Å². The van der Waals surface area contributed by atoms with Crippen LogP contribution < -0.4 is 16.0 Å². The summed E-state index contributed by atoms with van der Waals surface area (Å²) >= 11 is 1.60. The standard InChI is InChI=1S/C33H42FN3O3S/c1-20-9-11-23(12-10-20)17-26-21(2)27(28-18-24(34)13-14-25(26)28)19-30(39)36-32(4,5)33(6,7)37-31(40)29(15-16-41-8)35-22(3)38/h9-14,17-18,29H,15-16,19H2,1-8H3,(H,35,38)(H,36,39)(H,37,40)/b26-17-. The number of hydrogen-bond acceptors (Lipinski definition) is 4. The van der Waals surface area contributed by atoms with E-state index in [9.17, 15) is 18.8 Å². The van der Waals surface area contributed by atoms with Crippen LogP contribution in [0.15, 0.2) is 48.0 Å². The minimum absolute atomic E-state index is 0.0588. The minimum atomic E-state index is -0.852. The Balaban J connectivity index is 1.82. The number of carbonyl (C=O) groups is 3. The van der Waals surface area contributed by atoms with Gasteiger partial charge in [-0.3, -0.25) is 14.4 Å². The van der Waals surface area contributed by atoms with E-state index >= 15 is 0 Å². The second kappa shape index (κ2) is 13.1. The van der Waals surface area contributed by atoms with Gasteiger partial charge < -0.3 is 16.0 Å². The smallest absolute Gasteiger partial charge is 0.243 e. The highest BCUT2D eigenvalue weighted by atomic mass is 32.2. The second-order valence-electron chi connectivity index (χ2n) is 11.8. The minimum Gasteiger partial charge on any atom is -0.349 e. The Hall–Kier alpha value is -3.39. The number of hydrogen-bond donors (Lipinski definition) is 3. The fourth-order valence-corrected chi connectivity index (χ4v) is 5.29. The summed E-state index contributed by atoms with van der Waals surface area (Å²) in [6.07, 6.45) is 4.57. The molecule has 1 atom stereocenters. The highest BCUT2D eigenvalue weighted by Crippen LogP contribution is 2.44. The lowest BCUT2D eigenvalue weighted by Crippen LogP contribution is -2.67. The lowest BCUT2D eigenvalue weighted by Gasteiger charge is -2.43. The summed E-state index contributed by atoms with van der Waals surface area (Å²) in [6.45, 7) is 12.8. The number of allylic oxidation sites excluding steroid dienone is 2. The number of nitrogens with one attached hydrogen (secondary N) is 3. The van der Waals surface area contributed by atoms with Crippen LogP contribution in [0.4, 0.5) is 4.39 Å². The van der Waals surface area contributed by atoms with Gasteiger partial charge in [-0.05, 0) is 112 Å². The number of halogens is 1. The average Bonchev–Trinajstić information content (AvgIpc) is 3.11. The predicted octanol–water partition coefficient (Wildman–Crippen LogP) is 5.90. The van der Waals surface area contributed by atoms with Gasteiger partial charge in [0.2, 0.25) is 17.7 Å². The largest absolute Gasteiger partial charge is 0.349 e. The molecule has 3 amide bonds. The zero-order valence-corrected chi connectivity index (χ0v) is 26.1. The summed E-state index contributed by atoms with van der Waals surface area (Å²) in [5.74, 6) is -0.448. The number of amides is 3. The number of aryl methyl sites for hydroxylation is 1. The third kappa shape index (κ3) is 7.88. The van der Waals surface area contributed by atoms with Gasteiger partial charge in [-0.1, -0.05) is 35.9 Å². The Morgan fingerprint density at radius 1 is 0.951 bits per heavy atom. The van der Waals surface area contributed by atoms with Crippen LogP contribution >= 0.6 is 11.8 Å². The van der Waals surface area contributed by atoms with E-state index < -0.39 is 17.1 Å². The van der Waals surface area contributed by atoms with Crippen LogP contribution in [0.1, 0.15) is 76.6 Å². The molecule has 1 aliphatic carbocycles. The predicted molar refractivity (Wildman–Crippen MR) is 168 cm³/mol. The summed E-state index contributed by atoms with van der Waals surface area (Å²) in [4.78, 5) is 38.3. The van der Waals surface area contributed by atoms with Gasteiger partial charge in [0.25, 0.3) is 0 Å². The maximum absolute atomic E-state index is 14.4.